The van der Waals surface area contributed by atoms with Crippen molar-refractivity contribution in [3.8, 4) is 11.1 Å². The molecule has 0 aromatic heterocycles. The van der Waals surface area contributed by atoms with E-state index < -0.39 is 12.4 Å². The molecule has 0 atom stereocenters. The summed E-state index contributed by atoms with van der Waals surface area (Å²) in [6, 6.07) is 13.4. The smallest absolute Gasteiger partial charge is 0.445 e. The van der Waals surface area contributed by atoms with Gasteiger partial charge in [-0.15, -0.1) is 5.46 Å². The quantitative estimate of drug-likeness (QED) is 0.696. The molecule has 0 spiro atoms. The van der Waals surface area contributed by atoms with Crippen LogP contribution < -0.4 is 5.46 Å². The zero-order chi connectivity index (χ0) is 12.5. The van der Waals surface area contributed by atoms with Gasteiger partial charge in [0.1, 0.15) is 0 Å². The molecular formula is C13H11BF3-. The average Bonchev–Trinajstić information content (AvgIpc) is 2.29. The summed E-state index contributed by atoms with van der Waals surface area (Å²) in [6.07, 6.45) is 0. The standard InChI is InChI=1S/C13H11BF3/c1-10-12(11-6-3-2-4-7-11)8-5-9-13(10)14(15,16)17/h2-9H,1H3/q-1. The molecule has 0 saturated heterocycles. The fourth-order valence-electron chi connectivity index (χ4n) is 1.94. The van der Waals surface area contributed by atoms with E-state index in [1.807, 2.05) is 30.3 Å². The van der Waals surface area contributed by atoms with E-state index in [1.165, 1.54) is 13.0 Å². The summed E-state index contributed by atoms with van der Waals surface area (Å²) in [5.41, 5.74) is 1.24. The Bertz CT molecular complexity index is 518. The molecule has 0 amide bonds. The van der Waals surface area contributed by atoms with Crippen molar-refractivity contribution in [1.82, 2.24) is 0 Å². The SMILES string of the molecule is Cc1c(-c2ccccc2)cccc1[B-](F)(F)F. The van der Waals surface area contributed by atoms with Crippen molar-refractivity contribution in [2.45, 2.75) is 6.92 Å². The van der Waals surface area contributed by atoms with Gasteiger partial charge in [-0.1, -0.05) is 54.1 Å². The van der Waals surface area contributed by atoms with Crippen molar-refractivity contribution in [1.29, 1.82) is 0 Å². The van der Waals surface area contributed by atoms with Crippen LogP contribution in [-0.4, -0.2) is 6.98 Å². The highest BCUT2D eigenvalue weighted by Crippen LogP contribution is 2.24. The number of hydrogen-bond acceptors (Lipinski definition) is 0. The molecule has 0 fully saturated rings. The Morgan fingerprint density at radius 3 is 2.06 bits per heavy atom. The first-order valence-electron chi connectivity index (χ1n) is 5.35. The molecule has 2 aromatic carbocycles. The third-order valence-electron chi connectivity index (χ3n) is 2.81. The molecule has 17 heavy (non-hydrogen) atoms. The second-order valence-corrected chi connectivity index (χ2v) is 3.96. The van der Waals surface area contributed by atoms with Crippen molar-refractivity contribution in [3.63, 3.8) is 0 Å². The largest absolute Gasteiger partial charge is 0.509 e. The summed E-state index contributed by atoms with van der Waals surface area (Å²) in [4.78, 5) is 0. The van der Waals surface area contributed by atoms with Crippen LogP contribution in [0, 0.1) is 6.92 Å². The maximum absolute atomic E-state index is 12.8. The van der Waals surface area contributed by atoms with Gasteiger partial charge in [0.15, 0.2) is 0 Å². The second-order valence-electron chi connectivity index (χ2n) is 3.96. The summed E-state index contributed by atoms with van der Waals surface area (Å²) < 4.78 is 38.4. The molecule has 0 aliphatic carbocycles. The van der Waals surface area contributed by atoms with E-state index in [4.69, 9.17) is 0 Å². The first kappa shape index (κ1) is 11.8. The summed E-state index contributed by atoms with van der Waals surface area (Å²) in [6.45, 7) is -3.43. The van der Waals surface area contributed by atoms with Crippen LogP contribution in [-0.2, 0) is 0 Å². The van der Waals surface area contributed by atoms with Crippen LogP contribution in [0.3, 0.4) is 0 Å². The number of halogens is 3. The molecule has 0 nitrogen and oxygen atoms in total. The van der Waals surface area contributed by atoms with Crippen molar-refractivity contribution in [3.05, 3.63) is 54.1 Å². The Hall–Kier alpha value is -1.71. The molecule has 0 bridgehead atoms. The molecule has 0 unspecified atom stereocenters. The zero-order valence-electron chi connectivity index (χ0n) is 9.33. The van der Waals surface area contributed by atoms with Gasteiger partial charge < -0.3 is 12.9 Å². The minimum Gasteiger partial charge on any atom is -0.445 e. The monoisotopic (exact) mass is 235 g/mol. The van der Waals surface area contributed by atoms with Gasteiger partial charge in [0.25, 0.3) is 0 Å². The zero-order valence-corrected chi connectivity index (χ0v) is 9.33. The third-order valence-corrected chi connectivity index (χ3v) is 2.81. The van der Waals surface area contributed by atoms with E-state index >= 15 is 0 Å². The second kappa shape index (κ2) is 4.28. The molecule has 2 aromatic rings. The molecular weight excluding hydrogens is 224 g/mol. The normalized spacial score (nSPS) is 11.5. The fourth-order valence-corrected chi connectivity index (χ4v) is 1.94. The molecule has 0 aliphatic rings. The van der Waals surface area contributed by atoms with E-state index in [9.17, 15) is 12.9 Å². The van der Waals surface area contributed by atoms with Gasteiger partial charge in [0, 0.05) is 0 Å². The van der Waals surface area contributed by atoms with Gasteiger partial charge in [-0.25, -0.2) is 0 Å². The van der Waals surface area contributed by atoms with E-state index in [-0.39, 0.29) is 0 Å². The van der Waals surface area contributed by atoms with Crippen molar-refractivity contribution in [2.24, 2.45) is 0 Å². The highest BCUT2D eigenvalue weighted by molar-refractivity contribution is 6.74. The van der Waals surface area contributed by atoms with Crippen LogP contribution in [0.15, 0.2) is 48.5 Å². The van der Waals surface area contributed by atoms with Crippen LogP contribution in [0.4, 0.5) is 12.9 Å². The van der Waals surface area contributed by atoms with Crippen molar-refractivity contribution in [2.75, 3.05) is 0 Å². The number of hydrogen-bond donors (Lipinski definition) is 0. The summed E-state index contributed by atoms with van der Waals surface area (Å²) >= 11 is 0. The summed E-state index contributed by atoms with van der Waals surface area (Å²) in [5.74, 6) is 0. The minimum atomic E-state index is -4.95. The van der Waals surface area contributed by atoms with E-state index in [2.05, 4.69) is 0 Å². The number of benzene rings is 2. The molecule has 0 aliphatic heterocycles. The lowest BCUT2D eigenvalue weighted by molar-refractivity contribution is 0.500. The lowest BCUT2D eigenvalue weighted by atomic mass is 9.75. The third kappa shape index (κ3) is 2.35. The summed E-state index contributed by atoms with van der Waals surface area (Å²) in [7, 11) is 0. The van der Waals surface area contributed by atoms with Gasteiger partial charge >= 0.3 is 6.98 Å². The van der Waals surface area contributed by atoms with Gasteiger partial charge in [0.05, 0.1) is 0 Å². The maximum atomic E-state index is 12.8. The predicted octanol–water partition coefficient (Wildman–Crippen LogP) is 3.72. The first-order valence-corrected chi connectivity index (χ1v) is 5.35. The lowest BCUT2D eigenvalue weighted by Crippen LogP contribution is -2.36. The molecule has 0 N–H and O–H groups in total. The highest BCUT2D eigenvalue weighted by atomic mass is 19.4. The molecule has 4 heteroatoms. The van der Waals surface area contributed by atoms with Gasteiger partial charge in [-0.2, -0.15) is 0 Å². The topological polar surface area (TPSA) is 0 Å². The molecule has 0 saturated carbocycles. The Balaban J connectivity index is 2.58. The molecule has 2 rings (SSSR count). The molecule has 0 radical (unpaired) electrons. The van der Waals surface area contributed by atoms with Crippen molar-refractivity contribution >= 4 is 12.4 Å². The van der Waals surface area contributed by atoms with Gasteiger partial charge in [-0.3, -0.25) is 0 Å². The molecule has 88 valence electrons. The predicted molar refractivity (Wildman–Crippen MR) is 65.3 cm³/mol. The van der Waals surface area contributed by atoms with Crippen LogP contribution >= 0.6 is 0 Å². The van der Waals surface area contributed by atoms with Gasteiger partial charge in [-0.05, 0) is 18.1 Å². The van der Waals surface area contributed by atoms with Crippen LogP contribution in [0.25, 0.3) is 11.1 Å². The maximum Gasteiger partial charge on any atom is 0.509 e. The first-order chi connectivity index (χ1) is 8.00. The van der Waals surface area contributed by atoms with Gasteiger partial charge in [0.2, 0.25) is 0 Å². The van der Waals surface area contributed by atoms with E-state index in [0.29, 0.717) is 11.1 Å². The summed E-state index contributed by atoms with van der Waals surface area (Å²) in [5, 5.41) is 0. The van der Waals surface area contributed by atoms with E-state index in [0.717, 1.165) is 11.6 Å². The van der Waals surface area contributed by atoms with Crippen LogP contribution in [0.2, 0.25) is 0 Å². The Kier molecular flexibility index (Phi) is 2.96. The Morgan fingerprint density at radius 1 is 0.824 bits per heavy atom. The van der Waals surface area contributed by atoms with Crippen LogP contribution in [0.1, 0.15) is 5.56 Å². The fraction of sp³-hybridized carbons (Fsp3) is 0.0769. The number of rotatable bonds is 2. The van der Waals surface area contributed by atoms with Crippen LogP contribution in [0.5, 0.6) is 0 Å². The van der Waals surface area contributed by atoms with Crippen molar-refractivity contribution < 1.29 is 12.9 Å². The molecule has 0 heterocycles. The Labute approximate surface area is 98.2 Å². The van der Waals surface area contributed by atoms with E-state index in [1.54, 1.807) is 6.07 Å². The Morgan fingerprint density at radius 2 is 1.47 bits per heavy atom. The lowest BCUT2D eigenvalue weighted by Gasteiger charge is -2.20. The highest BCUT2D eigenvalue weighted by Gasteiger charge is 2.27. The average molecular weight is 235 g/mol. The minimum absolute atomic E-state index is 0.297.